The van der Waals surface area contributed by atoms with Crippen LogP contribution in [0, 0.1) is 5.41 Å². The van der Waals surface area contributed by atoms with Crippen LogP contribution in [0.5, 0.6) is 0 Å². The maximum absolute atomic E-state index is 13.5. The highest BCUT2D eigenvalue weighted by Crippen LogP contribution is 2.26. The normalized spacial score (nSPS) is 17.4. The van der Waals surface area contributed by atoms with Crippen molar-refractivity contribution >= 4 is 29.5 Å². The molecule has 2 heterocycles. The zero-order valence-electron chi connectivity index (χ0n) is 27.5. The maximum Gasteiger partial charge on any atom is 0.414 e. The first-order valence-electron chi connectivity index (χ1n) is 16.6. The maximum atomic E-state index is 13.5. The molecule has 4 aromatic rings. The number of rotatable bonds is 11. The molecule has 6 rings (SSSR count). The Kier molecular flexibility index (Phi) is 10.8. The van der Waals surface area contributed by atoms with E-state index in [1.165, 1.54) is 0 Å². The monoisotopic (exact) mass is 659 g/mol. The van der Waals surface area contributed by atoms with Gasteiger partial charge in [-0.05, 0) is 47.9 Å². The number of carbonyl (C=O) groups is 3. The lowest BCUT2D eigenvalue weighted by atomic mass is 9.90. The van der Waals surface area contributed by atoms with E-state index in [1.54, 1.807) is 29.2 Å². The quantitative estimate of drug-likeness (QED) is 0.132. The fourth-order valence-electron chi connectivity index (χ4n) is 6.31. The van der Waals surface area contributed by atoms with Crippen molar-refractivity contribution in [2.75, 3.05) is 44.2 Å². The van der Waals surface area contributed by atoms with E-state index in [2.05, 4.69) is 15.1 Å². The minimum absolute atomic E-state index is 0.0202. The summed E-state index contributed by atoms with van der Waals surface area (Å²) in [7, 11) is 0. The van der Waals surface area contributed by atoms with Crippen LogP contribution in [0.4, 0.5) is 10.5 Å². The van der Waals surface area contributed by atoms with Crippen LogP contribution in [0.1, 0.15) is 35.1 Å². The Morgan fingerprint density at radius 1 is 0.837 bits per heavy atom. The van der Waals surface area contributed by atoms with Crippen LogP contribution in [0.15, 0.2) is 115 Å². The van der Waals surface area contributed by atoms with Crippen LogP contribution >= 0.6 is 0 Å². The molecular weight excluding hydrogens is 618 g/mol. The molecule has 2 saturated heterocycles. The van der Waals surface area contributed by atoms with E-state index in [-0.39, 0.29) is 36.5 Å². The number of nitrogens with one attached hydrogen (secondary N) is 2. The molecule has 0 bridgehead atoms. The van der Waals surface area contributed by atoms with Gasteiger partial charge in [0.15, 0.2) is 0 Å². The molecule has 2 unspecified atom stereocenters. The largest absolute Gasteiger partial charge is 0.460 e. The smallest absolute Gasteiger partial charge is 0.414 e. The van der Waals surface area contributed by atoms with E-state index in [0.717, 1.165) is 29.8 Å². The van der Waals surface area contributed by atoms with Gasteiger partial charge in [-0.1, -0.05) is 91.0 Å². The summed E-state index contributed by atoms with van der Waals surface area (Å²) in [6, 6.07) is 35.3. The average Bonchev–Trinajstić information content (AvgIpc) is 3.51. The second kappa shape index (κ2) is 15.7. The number of hydrogen-bond acceptors (Lipinski definition) is 8. The summed E-state index contributed by atoms with van der Waals surface area (Å²) in [5, 5.41) is 11.4. The minimum atomic E-state index is -0.564. The third-order valence-corrected chi connectivity index (χ3v) is 9.10. The zero-order chi connectivity index (χ0) is 34.2. The van der Waals surface area contributed by atoms with E-state index in [0.29, 0.717) is 37.4 Å². The van der Waals surface area contributed by atoms with Gasteiger partial charge in [0.2, 0.25) is 5.91 Å². The van der Waals surface area contributed by atoms with E-state index < -0.39 is 12.0 Å². The van der Waals surface area contributed by atoms with Crippen LogP contribution < -0.4 is 10.2 Å². The van der Waals surface area contributed by atoms with Crippen molar-refractivity contribution in [3.63, 3.8) is 0 Å². The van der Waals surface area contributed by atoms with Gasteiger partial charge in [0.25, 0.3) is 0 Å². The number of amidine groups is 1. The highest BCUT2D eigenvalue weighted by molar-refractivity contribution is 6.08. The predicted molar refractivity (Wildman–Crippen MR) is 187 cm³/mol. The number of ether oxygens (including phenoxy) is 2. The second-order valence-corrected chi connectivity index (χ2v) is 12.4. The molecular formula is C39H41N5O5. The van der Waals surface area contributed by atoms with Gasteiger partial charge in [0.1, 0.15) is 24.6 Å². The summed E-state index contributed by atoms with van der Waals surface area (Å²) in [6.45, 7) is 6.09. The molecule has 0 saturated carbocycles. The first-order valence-corrected chi connectivity index (χ1v) is 16.6. The molecule has 10 nitrogen and oxygen atoms in total. The van der Waals surface area contributed by atoms with Gasteiger partial charge in [-0.25, -0.2) is 4.79 Å². The van der Waals surface area contributed by atoms with Crippen molar-refractivity contribution in [3.8, 4) is 0 Å². The Hall–Kier alpha value is -5.32. The summed E-state index contributed by atoms with van der Waals surface area (Å²) < 4.78 is 11.3. The zero-order valence-corrected chi connectivity index (χ0v) is 27.5. The average molecular weight is 660 g/mol. The summed E-state index contributed by atoms with van der Waals surface area (Å²) in [4.78, 5) is 44.9. The number of cyclic esters (lactones) is 1. The molecule has 0 radical (unpaired) electrons. The fourth-order valence-corrected chi connectivity index (χ4v) is 6.31. The molecule has 2 aliphatic rings. The topological polar surface area (TPSA) is 115 Å². The lowest BCUT2D eigenvalue weighted by Gasteiger charge is -2.37. The molecule has 2 N–H and O–H groups in total. The van der Waals surface area contributed by atoms with Crippen molar-refractivity contribution in [2.45, 2.75) is 31.6 Å². The summed E-state index contributed by atoms with van der Waals surface area (Å²) in [6.07, 6.45) is -0.708. The molecule has 2 amide bonds. The summed E-state index contributed by atoms with van der Waals surface area (Å²) >= 11 is 0. The fraction of sp³-hybridized carbons (Fsp3) is 0.282. The molecule has 49 heavy (non-hydrogen) atoms. The Balaban J connectivity index is 0.982. The van der Waals surface area contributed by atoms with Crippen molar-refractivity contribution in [1.29, 1.82) is 5.41 Å². The molecule has 0 aliphatic carbocycles. The molecule has 2 atom stereocenters. The Morgan fingerprint density at radius 2 is 1.41 bits per heavy atom. The highest BCUT2D eigenvalue weighted by atomic mass is 16.6. The van der Waals surface area contributed by atoms with Gasteiger partial charge >= 0.3 is 12.1 Å². The molecule has 2 fully saturated rings. The standard InChI is InChI=1S/C39H41N5O5/c1-28(38(46)48-27-29-11-5-2-6-12-29)43-23-21-42(22-24-43)25-34-26-44(39(47)49-34)33-19-17-32(18-20-33)36(40)41-37(45)35(30-13-7-3-8-14-30)31-15-9-4-10-16-31/h2-20,28,34-35H,21-27H2,1H3,(H2,40,41,45). The number of amides is 2. The number of benzene rings is 4. The van der Waals surface area contributed by atoms with Crippen LogP contribution in [0.2, 0.25) is 0 Å². The Morgan fingerprint density at radius 3 is 2.00 bits per heavy atom. The third-order valence-electron chi connectivity index (χ3n) is 9.10. The molecule has 4 aromatic carbocycles. The van der Waals surface area contributed by atoms with Crippen LogP contribution in [-0.2, 0) is 25.7 Å². The van der Waals surface area contributed by atoms with Crippen LogP contribution in [0.25, 0.3) is 0 Å². The van der Waals surface area contributed by atoms with Crippen molar-refractivity contribution in [2.24, 2.45) is 0 Å². The van der Waals surface area contributed by atoms with Gasteiger partial charge in [-0.15, -0.1) is 0 Å². The number of esters is 1. The lowest BCUT2D eigenvalue weighted by Crippen LogP contribution is -2.53. The first kappa shape index (κ1) is 33.6. The van der Waals surface area contributed by atoms with E-state index >= 15 is 0 Å². The minimum Gasteiger partial charge on any atom is -0.460 e. The first-order chi connectivity index (χ1) is 23.9. The van der Waals surface area contributed by atoms with Gasteiger partial charge in [-0.2, -0.15) is 0 Å². The molecule has 0 aromatic heterocycles. The van der Waals surface area contributed by atoms with E-state index in [9.17, 15) is 14.4 Å². The second-order valence-electron chi connectivity index (χ2n) is 12.4. The number of anilines is 1. The Labute approximate surface area is 286 Å². The predicted octanol–water partition coefficient (Wildman–Crippen LogP) is 5.03. The van der Waals surface area contributed by atoms with Crippen molar-refractivity contribution in [1.82, 2.24) is 15.1 Å². The van der Waals surface area contributed by atoms with Gasteiger partial charge in [0, 0.05) is 44.0 Å². The number of carbonyl (C=O) groups excluding carboxylic acids is 3. The molecule has 2 aliphatic heterocycles. The molecule has 0 spiro atoms. The van der Waals surface area contributed by atoms with Crippen LogP contribution in [0.3, 0.4) is 0 Å². The summed E-state index contributed by atoms with van der Waals surface area (Å²) in [5.41, 5.74) is 3.83. The number of hydrogen-bond donors (Lipinski definition) is 2. The van der Waals surface area contributed by atoms with Crippen molar-refractivity contribution < 1.29 is 23.9 Å². The number of nitrogens with zero attached hydrogens (tertiary/aromatic N) is 3. The van der Waals surface area contributed by atoms with E-state index in [1.807, 2.05) is 97.9 Å². The number of piperazine rings is 1. The van der Waals surface area contributed by atoms with Crippen LogP contribution in [-0.4, -0.2) is 85.0 Å². The van der Waals surface area contributed by atoms with Crippen molar-refractivity contribution in [3.05, 3.63) is 138 Å². The van der Waals surface area contributed by atoms with Gasteiger partial charge in [-0.3, -0.25) is 29.7 Å². The third kappa shape index (κ3) is 8.40. The van der Waals surface area contributed by atoms with Gasteiger partial charge < -0.3 is 14.8 Å². The molecule has 252 valence electrons. The SMILES string of the molecule is CC(C(=O)OCc1ccccc1)N1CCN(CC2CN(c3ccc(C(=N)NC(=O)C(c4ccccc4)c4ccccc4)cc3)C(=O)O2)CC1. The van der Waals surface area contributed by atoms with Gasteiger partial charge in [0.05, 0.1) is 12.5 Å². The highest BCUT2D eigenvalue weighted by Gasteiger charge is 2.35. The lowest BCUT2D eigenvalue weighted by molar-refractivity contribution is -0.151. The summed E-state index contributed by atoms with van der Waals surface area (Å²) in [5.74, 6) is -1.11. The molecule has 10 heteroatoms. The van der Waals surface area contributed by atoms with E-state index in [4.69, 9.17) is 14.9 Å². The Bertz CT molecular complexity index is 1690.